The number of thiophene rings is 1. The quantitative estimate of drug-likeness (QED) is 0.781. The van der Waals surface area contributed by atoms with Crippen LogP contribution in [0.2, 0.25) is 0 Å². The summed E-state index contributed by atoms with van der Waals surface area (Å²) in [7, 11) is 0. The highest BCUT2D eigenvalue weighted by molar-refractivity contribution is 7.09. The molecule has 1 fully saturated rings. The van der Waals surface area contributed by atoms with Crippen molar-refractivity contribution < 1.29 is 4.79 Å². The normalized spacial score (nSPS) is 17.3. The molecule has 19 heavy (non-hydrogen) atoms. The zero-order chi connectivity index (χ0) is 13.7. The minimum absolute atomic E-state index is 0.332. The van der Waals surface area contributed by atoms with Gasteiger partial charge in [-0.3, -0.25) is 9.69 Å². The third-order valence-corrected chi connectivity index (χ3v) is 4.95. The maximum absolute atomic E-state index is 12.4. The summed E-state index contributed by atoms with van der Waals surface area (Å²) >= 11 is 1.78. The highest BCUT2D eigenvalue weighted by Crippen LogP contribution is 2.25. The first-order chi connectivity index (χ1) is 9.16. The average Bonchev–Trinajstić information content (AvgIpc) is 2.91. The standard InChI is InChI=1S/C16H25NOS/c1-13(2)17(11-15-9-6-10-19-15)12-16(18)14-7-4-3-5-8-14/h6,9-10,13-14H,3-5,7-8,11-12H2,1-2H3. The van der Waals surface area contributed by atoms with Crippen molar-refractivity contribution in [1.29, 1.82) is 0 Å². The largest absolute Gasteiger partial charge is 0.298 e. The molecule has 0 amide bonds. The Morgan fingerprint density at radius 3 is 2.68 bits per heavy atom. The van der Waals surface area contributed by atoms with Gasteiger partial charge in [-0.15, -0.1) is 11.3 Å². The summed E-state index contributed by atoms with van der Waals surface area (Å²) in [6.45, 7) is 5.90. The Labute approximate surface area is 120 Å². The van der Waals surface area contributed by atoms with E-state index in [9.17, 15) is 4.79 Å². The summed E-state index contributed by atoms with van der Waals surface area (Å²) in [5.74, 6) is 0.795. The molecule has 2 rings (SSSR count). The monoisotopic (exact) mass is 279 g/mol. The van der Waals surface area contributed by atoms with Crippen LogP contribution >= 0.6 is 11.3 Å². The molecule has 1 saturated carbocycles. The van der Waals surface area contributed by atoms with Gasteiger partial charge in [0.25, 0.3) is 0 Å². The molecule has 1 aliphatic rings. The highest BCUT2D eigenvalue weighted by Gasteiger charge is 2.24. The smallest absolute Gasteiger partial charge is 0.149 e. The van der Waals surface area contributed by atoms with Crippen molar-refractivity contribution in [1.82, 2.24) is 4.90 Å². The van der Waals surface area contributed by atoms with Gasteiger partial charge < -0.3 is 0 Å². The van der Waals surface area contributed by atoms with E-state index in [-0.39, 0.29) is 0 Å². The first-order valence-corrected chi connectivity index (χ1v) is 8.34. The third-order valence-electron chi connectivity index (χ3n) is 4.09. The van der Waals surface area contributed by atoms with E-state index in [1.54, 1.807) is 11.3 Å². The molecule has 0 aromatic carbocycles. The molecule has 0 radical (unpaired) electrons. The maximum atomic E-state index is 12.4. The van der Waals surface area contributed by atoms with Gasteiger partial charge in [-0.2, -0.15) is 0 Å². The van der Waals surface area contributed by atoms with E-state index in [2.05, 4.69) is 36.3 Å². The summed E-state index contributed by atoms with van der Waals surface area (Å²) < 4.78 is 0. The minimum Gasteiger partial charge on any atom is -0.298 e. The van der Waals surface area contributed by atoms with Crippen LogP contribution in [0, 0.1) is 5.92 Å². The minimum atomic E-state index is 0.332. The first-order valence-electron chi connectivity index (χ1n) is 7.46. The maximum Gasteiger partial charge on any atom is 0.149 e. The lowest BCUT2D eigenvalue weighted by Crippen LogP contribution is -2.37. The average molecular weight is 279 g/mol. The van der Waals surface area contributed by atoms with Crippen molar-refractivity contribution in [2.75, 3.05) is 6.54 Å². The lowest BCUT2D eigenvalue weighted by atomic mass is 9.86. The Morgan fingerprint density at radius 2 is 2.11 bits per heavy atom. The van der Waals surface area contributed by atoms with E-state index in [0.29, 0.717) is 24.3 Å². The fraction of sp³-hybridized carbons (Fsp3) is 0.688. The first kappa shape index (κ1) is 14.7. The number of ketones is 1. The number of hydrogen-bond donors (Lipinski definition) is 0. The fourth-order valence-electron chi connectivity index (χ4n) is 2.78. The van der Waals surface area contributed by atoms with E-state index in [4.69, 9.17) is 0 Å². The molecular weight excluding hydrogens is 254 g/mol. The number of Topliss-reactive ketones (excluding diaryl/α,β-unsaturated/α-hetero) is 1. The lowest BCUT2D eigenvalue weighted by molar-refractivity contribution is -0.125. The van der Waals surface area contributed by atoms with Crippen LogP contribution in [-0.4, -0.2) is 23.3 Å². The zero-order valence-corrected chi connectivity index (χ0v) is 12.9. The van der Waals surface area contributed by atoms with Gasteiger partial charge in [0, 0.05) is 23.4 Å². The Morgan fingerprint density at radius 1 is 1.37 bits per heavy atom. The number of carbonyl (C=O) groups excluding carboxylic acids is 1. The van der Waals surface area contributed by atoms with Gasteiger partial charge in [0.1, 0.15) is 5.78 Å². The van der Waals surface area contributed by atoms with Crippen LogP contribution < -0.4 is 0 Å². The second-order valence-corrected chi connectivity index (χ2v) is 6.91. The molecule has 1 aliphatic carbocycles. The van der Waals surface area contributed by atoms with Gasteiger partial charge in [-0.25, -0.2) is 0 Å². The Kier molecular flexibility index (Phi) is 5.59. The van der Waals surface area contributed by atoms with Crippen LogP contribution in [-0.2, 0) is 11.3 Å². The molecule has 106 valence electrons. The van der Waals surface area contributed by atoms with Crippen LogP contribution in [0.15, 0.2) is 17.5 Å². The van der Waals surface area contributed by atoms with E-state index in [0.717, 1.165) is 19.4 Å². The Balaban J connectivity index is 1.90. The summed E-state index contributed by atoms with van der Waals surface area (Å²) in [6, 6.07) is 4.67. The van der Waals surface area contributed by atoms with Crippen molar-refractivity contribution in [3.8, 4) is 0 Å². The molecule has 0 aliphatic heterocycles. The molecule has 2 nitrogen and oxygen atoms in total. The molecule has 0 saturated heterocycles. The van der Waals surface area contributed by atoms with E-state index < -0.39 is 0 Å². The van der Waals surface area contributed by atoms with Crippen molar-refractivity contribution in [3.05, 3.63) is 22.4 Å². The second kappa shape index (κ2) is 7.20. The molecule has 0 bridgehead atoms. The second-order valence-electron chi connectivity index (χ2n) is 5.88. The van der Waals surface area contributed by atoms with E-state index in [1.165, 1.54) is 24.1 Å². The number of rotatable bonds is 6. The third kappa shape index (κ3) is 4.43. The summed E-state index contributed by atoms with van der Waals surface area (Å²) in [6.07, 6.45) is 6.02. The van der Waals surface area contributed by atoms with Crippen LogP contribution in [0.1, 0.15) is 50.8 Å². The summed E-state index contributed by atoms with van der Waals surface area (Å²) in [5.41, 5.74) is 0. The lowest BCUT2D eigenvalue weighted by Gasteiger charge is -2.28. The van der Waals surface area contributed by atoms with Gasteiger partial charge in [-0.05, 0) is 38.1 Å². The number of hydrogen-bond acceptors (Lipinski definition) is 3. The van der Waals surface area contributed by atoms with Crippen molar-refractivity contribution in [2.24, 2.45) is 5.92 Å². The highest BCUT2D eigenvalue weighted by atomic mass is 32.1. The van der Waals surface area contributed by atoms with E-state index in [1.807, 2.05) is 0 Å². The van der Waals surface area contributed by atoms with Crippen LogP contribution in [0.3, 0.4) is 0 Å². The van der Waals surface area contributed by atoms with Gasteiger partial charge in [0.05, 0.1) is 6.54 Å². The van der Waals surface area contributed by atoms with Gasteiger partial charge in [-0.1, -0.05) is 25.3 Å². The van der Waals surface area contributed by atoms with E-state index >= 15 is 0 Å². The van der Waals surface area contributed by atoms with Gasteiger partial charge in [0.15, 0.2) is 0 Å². The van der Waals surface area contributed by atoms with Crippen LogP contribution in [0.25, 0.3) is 0 Å². The van der Waals surface area contributed by atoms with Crippen molar-refractivity contribution >= 4 is 17.1 Å². The predicted molar refractivity (Wildman–Crippen MR) is 81.4 cm³/mol. The Hall–Kier alpha value is -0.670. The molecule has 1 heterocycles. The number of nitrogens with zero attached hydrogens (tertiary/aromatic N) is 1. The fourth-order valence-corrected chi connectivity index (χ4v) is 3.51. The predicted octanol–water partition coefficient (Wildman–Crippen LogP) is 4.11. The molecule has 0 unspecified atom stereocenters. The molecule has 0 atom stereocenters. The molecule has 1 aromatic heterocycles. The topological polar surface area (TPSA) is 20.3 Å². The molecule has 0 spiro atoms. The van der Waals surface area contributed by atoms with Gasteiger partial charge in [0.2, 0.25) is 0 Å². The van der Waals surface area contributed by atoms with Gasteiger partial charge >= 0.3 is 0 Å². The SMILES string of the molecule is CC(C)N(CC(=O)C1CCCCC1)Cc1cccs1. The van der Waals surface area contributed by atoms with Crippen molar-refractivity contribution in [3.63, 3.8) is 0 Å². The van der Waals surface area contributed by atoms with Crippen LogP contribution in [0.5, 0.6) is 0 Å². The Bertz CT molecular complexity index is 379. The summed E-state index contributed by atoms with van der Waals surface area (Å²) in [4.78, 5) is 16.1. The zero-order valence-electron chi connectivity index (χ0n) is 12.1. The molecule has 1 aromatic rings. The molecular formula is C16H25NOS. The number of carbonyl (C=O) groups is 1. The van der Waals surface area contributed by atoms with Crippen LogP contribution in [0.4, 0.5) is 0 Å². The molecule has 0 N–H and O–H groups in total. The summed E-state index contributed by atoms with van der Waals surface area (Å²) in [5, 5.41) is 2.11. The molecule has 3 heteroatoms. The van der Waals surface area contributed by atoms with Crippen molar-refractivity contribution in [2.45, 2.75) is 58.5 Å².